The SMILES string of the molecule is CSc1cccc(-c2nc(CSc3nc4ccccc4[nH]3)no2)c1. The molecule has 0 saturated heterocycles. The number of hydrogen-bond donors (Lipinski definition) is 1. The van der Waals surface area contributed by atoms with Crippen LogP contribution in [0.2, 0.25) is 0 Å². The first kappa shape index (κ1) is 15.3. The molecule has 0 saturated carbocycles. The zero-order valence-corrected chi connectivity index (χ0v) is 14.5. The van der Waals surface area contributed by atoms with Crippen LogP contribution in [-0.2, 0) is 5.75 Å². The van der Waals surface area contributed by atoms with Crippen molar-refractivity contribution in [2.45, 2.75) is 15.8 Å². The van der Waals surface area contributed by atoms with Crippen LogP contribution in [0.5, 0.6) is 0 Å². The fourth-order valence-corrected chi connectivity index (χ4v) is 3.50. The summed E-state index contributed by atoms with van der Waals surface area (Å²) >= 11 is 3.25. The standard InChI is InChI=1S/C17H14N4OS2/c1-23-12-6-4-5-11(9-12)16-20-15(21-22-16)10-24-17-18-13-7-2-3-8-14(13)19-17/h2-9H,10H2,1H3,(H,18,19). The summed E-state index contributed by atoms with van der Waals surface area (Å²) in [7, 11) is 0. The van der Waals surface area contributed by atoms with Gasteiger partial charge in [-0.1, -0.05) is 35.1 Å². The Bertz CT molecular complexity index is 946. The molecular formula is C17H14N4OS2. The number of rotatable bonds is 5. The number of H-pyrrole nitrogens is 1. The number of benzene rings is 2. The number of aromatic nitrogens is 4. The van der Waals surface area contributed by atoms with Crippen LogP contribution in [0, 0.1) is 0 Å². The van der Waals surface area contributed by atoms with Crippen LogP contribution in [-0.4, -0.2) is 26.4 Å². The summed E-state index contributed by atoms with van der Waals surface area (Å²) in [5.41, 5.74) is 2.93. The third-order valence-corrected chi connectivity index (χ3v) is 5.09. The second-order valence-electron chi connectivity index (χ2n) is 5.10. The van der Waals surface area contributed by atoms with Gasteiger partial charge in [0.2, 0.25) is 0 Å². The third kappa shape index (κ3) is 3.18. The van der Waals surface area contributed by atoms with Gasteiger partial charge in [0.25, 0.3) is 5.89 Å². The van der Waals surface area contributed by atoms with E-state index < -0.39 is 0 Å². The maximum absolute atomic E-state index is 5.38. The van der Waals surface area contributed by atoms with E-state index in [9.17, 15) is 0 Å². The maximum Gasteiger partial charge on any atom is 0.257 e. The van der Waals surface area contributed by atoms with Gasteiger partial charge < -0.3 is 9.51 Å². The first-order valence-corrected chi connectivity index (χ1v) is 9.57. The Morgan fingerprint density at radius 3 is 2.88 bits per heavy atom. The highest BCUT2D eigenvalue weighted by Crippen LogP contribution is 2.25. The Morgan fingerprint density at radius 2 is 2.00 bits per heavy atom. The Hall–Kier alpha value is -2.25. The van der Waals surface area contributed by atoms with E-state index in [0.29, 0.717) is 17.5 Å². The number of fused-ring (bicyclic) bond motifs is 1. The largest absolute Gasteiger partial charge is 0.334 e. The average molecular weight is 354 g/mol. The molecule has 0 unspecified atom stereocenters. The van der Waals surface area contributed by atoms with Crippen LogP contribution in [0.4, 0.5) is 0 Å². The highest BCUT2D eigenvalue weighted by molar-refractivity contribution is 7.98. The van der Waals surface area contributed by atoms with Crippen molar-refractivity contribution in [3.8, 4) is 11.5 Å². The predicted octanol–water partition coefficient (Wildman–Crippen LogP) is 4.63. The molecule has 0 aliphatic rings. The van der Waals surface area contributed by atoms with Crippen molar-refractivity contribution in [3.63, 3.8) is 0 Å². The molecule has 24 heavy (non-hydrogen) atoms. The summed E-state index contributed by atoms with van der Waals surface area (Å²) < 4.78 is 5.38. The van der Waals surface area contributed by atoms with Gasteiger partial charge >= 0.3 is 0 Å². The molecule has 7 heteroatoms. The quantitative estimate of drug-likeness (QED) is 0.527. The molecule has 0 spiro atoms. The van der Waals surface area contributed by atoms with E-state index in [2.05, 4.69) is 26.2 Å². The Kier molecular flexibility index (Phi) is 4.27. The number of thioether (sulfide) groups is 2. The van der Waals surface area contributed by atoms with Gasteiger partial charge in [0.15, 0.2) is 11.0 Å². The summed E-state index contributed by atoms with van der Waals surface area (Å²) in [6.07, 6.45) is 2.04. The maximum atomic E-state index is 5.38. The van der Waals surface area contributed by atoms with Crippen molar-refractivity contribution in [3.05, 3.63) is 54.4 Å². The van der Waals surface area contributed by atoms with Gasteiger partial charge in [-0.25, -0.2) is 4.98 Å². The lowest BCUT2D eigenvalue weighted by Gasteiger charge is -1.97. The number of nitrogens with one attached hydrogen (secondary N) is 1. The topological polar surface area (TPSA) is 67.6 Å². The zero-order valence-electron chi connectivity index (χ0n) is 12.9. The molecule has 5 nitrogen and oxygen atoms in total. The number of hydrogen-bond acceptors (Lipinski definition) is 6. The third-order valence-electron chi connectivity index (χ3n) is 3.49. The summed E-state index contributed by atoms with van der Waals surface area (Å²) in [6.45, 7) is 0. The highest BCUT2D eigenvalue weighted by Gasteiger charge is 2.11. The highest BCUT2D eigenvalue weighted by atomic mass is 32.2. The van der Waals surface area contributed by atoms with Gasteiger partial charge in [0, 0.05) is 10.5 Å². The molecule has 0 fully saturated rings. The monoisotopic (exact) mass is 354 g/mol. The molecule has 2 aromatic heterocycles. The number of aromatic amines is 1. The fraction of sp³-hybridized carbons (Fsp3) is 0.118. The minimum atomic E-state index is 0.547. The van der Waals surface area contributed by atoms with Crippen molar-refractivity contribution >= 4 is 34.6 Å². The van der Waals surface area contributed by atoms with Crippen LogP contribution in [0.1, 0.15) is 5.82 Å². The molecular weight excluding hydrogens is 340 g/mol. The molecule has 0 bridgehead atoms. The molecule has 0 aliphatic carbocycles. The van der Waals surface area contributed by atoms with Crippen molar-refractivity contribution in [2.75, 3.05) is 6.26 Å². The van der Waals surface area contributed by atoms with E-state index in [0.717, 1.165) is 21.8 Å². The van der Waals surface area contributed by atoms with Crippen molar-refractivity contribution in [2.24, 2.45) is 0 Å². The summed E-state index contributed by atoms with van der Waals surface area (Å²) in [6, 6.07) is 16.0. The summed E-state index contributed by atoms with van der Waals surface area (Å²) in [5, 5.41) is 4.92. The molecule has 2 aromatic carbocycles. The normalized spacial score (nSPS) is 11.2. The van der Waals surface area contributed by atoms with E-state index in [1.54, 1.807) is 23.5 Å². The van der Waals surface area contributed by atoms with Gasteiger partial charge in [-0.05, 0) is 36.6 Å². The Labute approximate surface area is 147 Å². The summed E-state index contributed by atoms with van der Waals surface area (Å²) in [5.74, 6) is 1.81. The molecule has 2 heterocycles. The first-order chi connectivity index (χ1) is 11.8. The van der Waals surface area contributed by atoms with Crippen LogP contribution in [0.3, 0.4) is 0 Å². The molecule has 0 atom stereocenters. The van der Waals surface area contributed by atoms with Crippen LogP contribution >= 0.6 is 23.5 Å². The van der Waals surface area contributed by atoms with E-state index in [4.69, 9.17) is 4.52 Å². The van der Waals surface area contributed by atoms with Gasteiger partial charge in [-0.2, -0.15) is 4.98 Å². The minimum Gasteiger partial charge on any atom is -0.334 e. The average Bonchev–Trinajstić information content (AvgIpc) is 3.26. The second-order valence-corrected chi connectivity index (χ2v) is 6.94. The van der Waals surface area contributed by atoms with Crippen LogP contribution < -0.4 is 0 Å². The molecule has 1 N–H and O–H groups in total. The Balaban J connectivity index is 1.48. The van der Waals surface area contributed by atoms with Gasteiger partial charge in [0.05, 0.1) is 16.8 Å². The van der Waals surface area contributed by atoms with Gasteiger partial charge in [0.1, 0.15) is 0 Å². The van der Waals surface area contributed by atoms with Crippen molar-refractivity contribution in [1.82, 2.24) is 20.1 Å². The summed E-state index contributed by atoms with van der Waals surface area (Å²) in [4.78, 5) is 13.5. The number of para-hydroxylation sites is 2. The zero-order chi connectivity index (χ0) is 16.4. The number of imidazole rings is 1. The Morgan fingerprint density at radius 1 is 1.08 bits per heavy atom. The van der Waals surface area contributed by atoms with Crippen LogP contribution in [0.15, 0.2) is 63.1 Å². The van der Waals surface area contributed by atoms with E-state index in [-0.39, 0.29) is 0 Å². The minimum absolute atomic E-state index is 0.547. The van der Waals surface area contributed by atoms with E-state index >= 15 is 0 Å². The lowest BCUT2D eigenvalue weighted by molar-refractivity contribution is 0.425. The van der Waals surface area contributed by atoms with Crippen molar-refractivity contribution in [1.29, 1.82) is 0 Å². The van der Waals surface area contributed by atoms with Gasteiger partial charge in [-0.15, -0.1) is 11.8 Å². The van der Waals surface area contributed by atoms with Gasteiger partial charge in [-0.3, -0.25) is 0 Å². The lowest BCUT2D eigenvalue weighted by Crippen LogP contribution is -1.85. The smallest absolute Gasteiger partial charge is 0.257 e. The van der Waals surface area contributed by atoms with E-state index in [1.165, 1.54) is 4.90 Å². The molecule has 0 aliphatic heterocycles. The lowest BCUT2D eigenvalue weighted by atomic mass is 10.2. The van der Waals surface area contributed by atoms with E-state index in [1.807, 2.05) is 48.7 Å². The van der Waals surface area contributed by atoms with Crippen LogP contribution in [0.25, 0.3) is 22.5 Å². The first-order valence-electron chi connectivity index (χ1n) is 7.36. The molecule has 4 aromatic rings. The molecule has 0 amide bonds. The number of nitrogens with zero attached hydrogens (tertiary/aromatic N) is 3. The second kappa shape index (κ2) is 6.70. The predicted molar refractivity (Wildman–Crippen MR) is 97.2 cm³/mol. The fourth-order valence-electron chi connectivity index (χ4n) is 2.32. The molecule has 4 rings (SSSR count). The molecule has 0 radical (unpaired) electrons. The van der Waals surface area contributed by atoms with Crippen molar-refractivity contribution < 1.29 is 4.52 Å². The molecule has 120 valence electrons.